The van der Waals surface area contributed by atoms with E-state index in [0.717, 1.165) is 11.4 Å². The fraction of sp³-hybridized carbons (Fsp3) is 0.111. The normalized spacial score (nSPS) is 10.3. The second-order valence-corrected chi connectivity index (χ2v) is 6.03. The minimum Gasteiger partial charge on any atom is -0.493 e. The Morgan fingerprint density at radius 2 is 1.54 bits per heavy atom. The highest BCUT2D eigenvalue weighted by Gasteiger charge is 2.07. The molecular weight excluding hydrogens is 375 g/mol. The molecule has 0 aliphatic heterocycles. The van der Waals surface area contributed by atoms with Crippen molar-refractivity contribution in [2.75, 3.05) is 24.9 Å². The number of benzene rings is 2. The molecule has 0 bridgehead atoms. The smallest absolute Gasteiger partial charge is 0.229 e. The number of anilines is 4. The number of methoxy groups -OCH3 is 2. The van der Waals surface area contributed by atoms with Crippen LogP contribution in [0.2, 0.25) is 10.0 Å². The van der Waals surface area contributed by atoms with Crippen LogP contribution in [0.4, 0.5) is 23.1 Å². The molecular formula is C18H16Cl2N4O2. The second kappa shape index (κ2) is 8.12. The molecule has 0 fully saturated rings. The molecule has 0 saturated heterocycles. The van der Waals surface area contributed by atoms with Gasteiger partial charge in [0.05, 0.1) is 24.3 Å². The standard InChI is InChI=1S/C18H16Cl2N4O2/c1-25-15-6-4-12(10-16(15)26-2)22-17-7-8-21-18(24-17)23-11-3-5-13(19)14(20)9-11/h3-10H,1-2H3,(H2,21,22,23,24). The van der Waals surface area contributed by atoms with Crippen molar-refractivity contribution in [3.8, 4) is 11.5 Å². The molecule has 1 heterocycles. The van der Waals surface area contributed by atoms with E-state index in [1.54, 1.807) is 44.7 Å². The molecule has 134 valence electrons. The van der Waals surface area contributed by atoms with E-state index in [-0.39, 0.29) is 0 Å². The number of ether oxygens (including phenoxy) is 2. The van der Waals surface area contributed by atoms with Crippen molar-refractivity contribution in [1.82, 2.24) is 9.97 Å². The van der Waals surface area contributed by atoms with Gasteiger partial charge in [-0.3, -0.25) is 0 Å². The van der Waals surface area contributed by atoms with Crippen molar-refractivity contribution in [3.05, 3.63) is 58.7 Å². The van der Waals surface area contributed by atoms with E-state index in [0.29, 0.717) is 33.3 Å². The molecule has 0 atom stereocenters. The molecule has 3 aromatic rings. The Morgan fingerprint density at radius 3 is 2.27 bits per heavy atom. The van der Waals surface area contributed by atoms with Crippen LogP contribution in [0.15, 0.2) is 48.7 Å². The van der Waals surface area contributed by atoms with Gasteiger partial charge in [0, 0.05) is 23.6 Å². The number of nitrogens with one attached hydrogen (secondary N) is 2. The van der Waals surface area contributed by atoms with Gasteiger partial charge in [-0.25, -0.2) is 4.98 Å². The van der Waals surface area contributed by atoms with Crippen LogP contribution in [0, 0.1) is 0 Å². The molecule has 0 spiro atoms. The van der Waals surface area contributed by atoms with E-state index in [9.17, 15) is 0 Å². The van der Waals surface area contributed by atoms with E-state index in [2.05, 4.69) is 20.6 Å². The lowest BCUT2D eigenvalue weighted by Gasteiger charge is -2.12. The summed E-state index contributed by atoms with van der Waals surface area (Å²) in [6.45, 7) is 0. The number of rotatable bonds is 6. The molecule has 0 unspecified atom stereocenters. The number of aromatic nitrogens is 2. The zero-order valence-electron chi connectivity index (χ0n) is 14.1. The summed E-state index contributed by atoms with van der Waals surface area (Å²) in [5.41, 5.74) is 1.55. The minimum atomic E-state index is 0.425. The van der Waals surface area contributed by atoms with Gasteiger partial charge in [0.2, 0.25) is 5.95 Å². The summed E-state index contributed by atoms with van der Waals surface area (Å²) < 4.78 is 10.5. The second-order valence-electron chi connectivity index (χ2n) is 5.21. The third-order valence-corrected chi connectivity index (χ3v) is 4.23. The first-order chi connectivity index (χ1) is 12.6. The van der Waals surface area contributed by atoms with Gasteiger partial charge in [0.1, 0.15) is 5.82 Å². The predicted octanol–water partition coefficient (Wildman–Crippen LogP) is 5.29. The van der Waals surface area contributed by atoms with E-state index < -0.39 is 0 Å². The Kier molecular flexibility index (Phi) is 5.65. The van der Waals surface area contributed by atoms with Crippen molar-refractivity contribution < 1.29 is 9.47 Å². The third kappa shape index (κ3) is 4.28. The lowest BCUT2D eigenvalue weighted by atomic mass is 10.2. The fourth-order valence-corrected chi connectivity index (χ4v) is 2.55. The Labute approximate surface area is 161 Å². The Balaban J connectivity index is 1.78. The molecule has 0 saturated carbocycles. The van der Waals surface area contributed by atoms with E-state index in [4.69, 9.17) is 32.7 Å². The molecule has 26 heavy (non-hydrogen) atoms. The molecule has 2 aromatic carbocycles. The fourth-order valence-electron chi connectivity index (χ4n) is 2.25. The average Bonchev–Trinajstić information content (AvgIpc) is 2.65. The summed E-state index contributed by atoms with van der Waals surface area (Å²) >= 11 is 12.0. The van der Waals surface area contributed by atoms with Gasteiger partial charge >= 0.3 is 0 Å². The Morgan fingerprint density at radius 1 is 0.808 bits per heavy atom. The van der Waals surface area contributed by atoms with Crippen LogP contribution in [0.1, 0.15) is 0 Å². The van der Waals surface area contributed by atoms with Gasteiger partial charge < -0.3 is 20.1 Å². The first-order valence-corrected chi connectivity index (χ1v) is 8.39. The van der Waals surface area contributed by atoms with Crippen molar-refractivity contribution in [2.45, 2.75) is 0 Å². The van der Waals surface area contributed by atoms with Gasteiger partial charge in [-0.05, 0) is 36.4 Å². The number of hydrogen-bond acceptors (Lipinski definition) is 6. The zero-order valence-corrected chi connectivity index (χ0v) is 15.6. The zero-order chi connectivity index (χ0) is 18.5. The quantitative estimate of drug-likeness (QED) is 0.595. The largest absolute Gasteiger partial charge is 0.493 e. The number of hydrogen-bond donors (Lipinski definition) is 2. The third-order valence-electron chi connectivity index (χ3n) is 3.49. The molecule has 8 heteroatoms. The van der Waals surface area contributed by atoms with Crippen molar-refractivity contribution in [1.29, 1.82) is 0 Å². The maximum absolute atomic E-state index is 6.02. The van der Waals surface area contributed by atoms with Crippen LogP contribution in [0.25, 0.3) is 0 Å². The van der Waals surface area contributed by atoms with E-state index >= 15 is 0 Å². The monoisotopic (exact) mass is 390 g/mol. The lowest BCUT2D eigenvalue weighted by Crippen LogP contribution is -2.01. The summed E-state index contributed by atoms with van der Waals surface area (Å²) in [6.07, 6.45) is 1.65. The van der Waals surface area contributed by atoms with E-state index in [1.807, 2.05) is 18.2 Å². The van der Waals surface area contributed by atoms with Crippen molar-refractivity contribution in [3.63, 3.8) is 0 Å². The molecule has 0 radical (unpaired) electrons. The number of nitrogens with zero attached hydrogens (tertiary/aromatic N) is 2. The topological polar surface area (TPSA) is 68.3 Å². The highest BCUT2D eigenvalue weighted by atomic mass is 35.5. The molecule has 0 aliphatic carbocycles. The van der Waals surface area contributed by atoms with Crippen LogP contribution in [0.3, 0.4) is 0 Å². The molecule has 0 aliphatic rings. The molecule has 0 amide bonds. The summed E-state index contributed by atoms with van der Waals surface area (Å²) in [5.74, 6) is 2.33. The van der Waals surface area contributed by atoms with Crippen LogP contribution >= 0.6 is 23.2 Å². The number of halogens is 2. The van der Waals surface area contributed by atoms with Crippen molar-refractivity contribution >= 4 is 46.3 Å². The Bertz CT molecular complexity index is 921. The highest BCUT2D eigenvalue weighted by molar-refractivity contribution is 6.42. The van der Waals surface area contributed by atoms with Gasteiger partial charge in [-0.15, -0.1) is 0 Å². The lowest BCUT2D eigenvalue weighted by molar-refractivity contribution is 0.355. The van der Waals surface area contributed by atoms with Crippen molar-refractivity contribution in [2.24, 2.45) is 0 Å². The first-order valence-electron chi connectivity index (χ1n) is 7.63. The van der Waals surface area contributed by atoms with Crippen LogP contribution in [-0.2, 0) is 0 Å². The predicted molar refractivity (Wildman–Crippen MR) is 105 cm³/mol. The minimum absolute atomic E-state index is 0.425. The first kappa shape index (κ1) is 18.1. The SMILES string of the molecule is COc1ccc(Nc2ccnc(Nc3ccc(Cl)c(Cl)c3)n2)cc1OC. The average molecular weight is 391 g/mol. The highest BCUT2D eigenvalue weighted by Crippen LogP contribution is 2.31. The van der Waals surface area contributed by atoms with Crippen LogP contribution in [-0.4, -0.2) is 24.2 Å². The maximum Gasteiger partial charge on any atom is 0.229 e. The molecule has 6 nitrogen and oxygen atoms in total. The summed E-state index contributed by atoms with van der Waals surface area (Å²) in [7, 11) is 3.18. The van der Waals surface area contributed by atoms with Gasteiger partial charge in [0.15, 0.2) is 11.5 Å². The molecule has 3 rings (SSSR count). The molecule has 2 N–H and O–H groups in total. The summed E-state index contributed by atoms with van der Waals surface area (Å²) in [5, 5.41) is 7.23. The maximum atomic E-state index is 6.02. The van der Waals surface area contributed by atoms with Gasteiger partial charge in [-0.1, -0.05) is 23.2 Å². The summed E-state index contributed by atoms with van der Waals surface area (Å²) in [4.78, 5) is 8.64. The van der Waals surface area contributed by atoms with E-state index in [1.165, 1.54) is 0 Å². The van der Waals surface area contributed by atoms with Gasteiger partial charge in [0.25, 0.3) is 0 Å². The van der Waals surface area contributed by atoms with Crippen LogP contribution < -0.4 is 20.1 Å². The van der Waals surface area contributed by atoms with Gasteiger partial charge in [-0.2, -0.15) is 4.98 Å². The van der Waals surface area contributed by atoms with Crippen LogP contribution in [0.5, 0.6) is 11.5 Å². The molecule has 1 aromatic heterocycles. The summed E-state index contributed by atoms with van der Waals surface area (Å²) in [6, 6.07) is 12.5. The Hall–Kier alpha value is -2.70.